The fraction of sp³-hybridized carbons (Fsp3) is 0.0769. The van der Waals surface area contributed by atoms with Crippen LogP contribution in [0.25, 0.3) is 11.3 Å². The van der Waals surface area contributed by atoms with E-state index in [0.29, 0.717) is 6.29 Å². The first kappa shape index (κ1) is 12.9. The lowest BCUT2D eigenvalue weighted by molar-refractivity contribution is 0.112. The standard InChI is InChI=1S/C13H11F2N3O/c1-2-5-18-13(16)10(7-19)12(17-18)9-6-8(14)3-4-11(9)15/h2-4,6-7H,1,5,16H2. The number of hydrogen-bond donors (Lipinski definition) is 1. The number of nitrogen functional groups attached to an aromatic ring is 1. The number of benzene rings is 1. The highest BCUT2D eigenvalue weighted by Crippen LogP contribution is 2.28. The van der Waals surface area contributed by atoms with E-state index in [-0.39, 0.29) is 29.2 Å². The van der Waals surface area contributed by atoms with Gasteiger partial charge in [0.1, 0.15) is 23.1 Å². The van der Waals surface area contributed by atoms with Crippen LogP contribution in [-0.2, 0) is 6.54 Å². The fourth-order valence-corrected chi connectivity index (χ4v) is 1.74. The minimum Gasteiger partial charge on any atom is -0.383 e. The van der Waals surface area contributed by atoms with Crippen molar-refractivity contribution in [1.82, 2.24) is 9.78 Å². The van der Waals surface area contributed by atoms with Gasteiger partial charge < -0.3 is 5.73 Å². The smallest absolute Gasteiger partial charge is 0.156 e. The summed E-state index contributed by atoms with van der Waals surface area (Å²) >= 11 is 0. The van der Waals surface area contributed by atoms with E-state index in [4.69, 9.17) is 5.73 Å². The molecule has 1 heterocycles. The lowest BCUT2D eigenvalue weighted by Gasteiger charge is -2.00. The third kappa shape index (κ3) is 2.24. The monoisotopic (exact) mass is 263 g/mol. The zero-order chi connectivity index (χ0) is 14.0. The summed E-state index contributed by atoms with van der Waals surface area (Å²) in [4.78, 5) is 11.1. The second kappa shape index (κ2) is 5.01. The van der Waals surface area contributed by atoms with Gasteiger partial charge in [0.2, 0.25) is 0 Å². The zero-order valence-electron chi connectivity index (χ0n) is 9.94. The van der Waals surface area contributed by atoms with Crippen molar-refractivity contribution >= 4 is 12.1 Å². The molecule has 0 aliphatic rings. The summed E-state index contributed by atoms with van der Waals surface area (Å²) in [6.45, 7) is 3.79. The van der Waals surface area contributed by atoms with Crippen LogP contribution in [0, 0.1) is 11.6 Å². The van der Waals surface area contributed by atoms with Gasteiger partial charge in [0.25, 0.3) is 0 Å². The predicted molar refractivity (Wildman–Crippen MR) is 67.6 cm³/mol. The molecule has 0 atom stereocenters. The van der Waals surface area contributed by atoms with Gasteiger partial charge in [-0.1, -0.05) is 6.08 Å². The first-order chi connectivity index (χ1) is 9.08. The van der Waals surface area contributed by atoms with E-state index >= 15 is 0 Å². The van der Waals surface area contributed by atoms with Gasteiger partial charge in [-0.3, -0.25) is 4.79 Å². The Morgan fingerprint density at radius 1 is 1.42 bits per heavy atom. The van der Waals surface area contributed by atoms with E-state index in [1.54, 1.807) is 0 Å². The molecule has 4 nitrogen and oxygen atoms in total. The van der Waals surface area contributed by atoms with E-state index in [1.807, 2.05) is 0 Å². The summed E-state index contributed by atoms with van der Waals surface area (Å²) in [6, 6.07) is 2.94. The van der Waals surface area contributed by atoms with Crippen LogP contribution in [-0.4, -0.2) is 16.1 Å². The number of halogens is 2. The third-order valence-corrected chi connectivity index (χ3v) is 2.63. The molecule has 6 heteroatoms. The summed E-state index contributed by atoms with van der Waals surface area (Å²) in [5.74, 6) is -1.20. The summed E-state index contributed by atoms with van der Waals surface area (Å²) < 4.78 is 28.2. The molecule has 0 radical (unpaired) electrons. The Kier molecular flexibility index (Phi) is 3.41. The van der Waals surface area contributed by atoms with Gasteiger partial charge in [-0.25, -0.2) is 13.5 Å². The summed E-state index contributed by atoms with van der Waals surface area (Å²) in [7, 11) is 0. The number of nitrogens with two attached hydrogens (primary N) is 1. The predicted octanol–water partition coefficient (Wildman–Crippen LogP) is 2.41. The minimum atomic E-state index is -0.673. The van der Waals surface area contributed by atoms with Gasteiger partial charge >= 0.3 is 0 Å². The van der Waals surface area contributed by atoms with Crippen molar-refractivity contribution in [2.24, 2.45) is 0 Å². The fourth-order valence-electron chi connectivity index (χ4n) is 1.74. The highest BCUT2D eigenvalue weighted by atomic mass is 19.1. The number of aromatic nitrogens is 2. The molecule has 0 saturated carbocycles. The van der Waals surface area contributed by atoms with Crippen molar-refractivity contribution in [1.29, 1.82) is 0 Å². The average molecular weight is 263 g/mol. The number of aldehydes is 1. The maximum absolute atomic E-state index is 13.7. The van der Waals surface area contributed by atoms with Crippen molar-refractivity contribution in [2.75, 3.05) is 5.73 Å². The number of allylic oxidation sites excluding steroid dienone is 1. The van der Waals surface area contributed by atoms with Crippen molar-refractivity contribution in [3.05, 3.63) is 48.1 Å². The number of anilines is 1. The molecule has 0 saturated heterocycles. The normalized spacial score (nSPS) is 10.4. The Balaban J connectivity index is 2.67. The highest BCUT2D eigenvalue weighted by Gasteiger charge is 2.19. The molecule has 0 unspecified atom stereocenters. The first-order valence-electron chi connectivity index (χ1n) is 5.46. The Hall–Kier alpha value is -2.50. The summed E-state index contributed by atoms with van der Waals surface area (Å²) in [6.07, 6.45) is 2.01. The zero-order valence-corrected chi connectivity index (χ0v) is 9.94. The quantitative estimate of drug-likeness (QED) is 0.680. The molecule has 0 amide bonds. The van der Waals surface area contributed by atoms with Crippen molar-refractivity contribution in [2.45, 2.75) is 6.54 Å². The van der Waals surface area contributed by atoms with E-state index in [0.717, 1.165) is 18.2 Å². The molecule has 0 spiro atoms. The van der Waals surface area contributed by atoms with Crippen LogP contribution >= 0.6 is 0 Å². The second-order valence-electron chi connectivity index (χ2n) is 3.86. The maximum atomic E-state index is 13.7. The Morgan fingerprint density at radius 2 is 2.16 bits per heavy atom. The van der Waals surface area contributed by atoms with E-state index < -0.39 is 11.6 Å². The number of carbonyl (C=O) groups is 1. The van der Waals surface area contributed by atoms with Crippen LogP contribution in [0.2, 0.25) is 0 Å². The van der Waals surface area contributed by atoms with Crippen LogP contribution < -0.4 is 5.73 Å². The average Bonchev–Trinajstić information content (AvgIpc) is 2.70. The third-order valence-electron chi connectivity index (χ3n) is 2.63. The molecular weight excluding hydrogens is 252 g/mol. The lowest BCUT2D eigenvalue weighted by Crippen LogP contribution is -2.03. The van der Waals surface area contributed by atoms with E-state index in [2.05, 4.69) is 11.7 Å². The van der Waals surface area contributed by atoms with Gasteiger partial charge in [0.15, 0.2) is 6.29 Å². The number of carbonyl (C=O) groups excluding carboxylic acids is 1. The van der Waals surface area contributed by atoms with Gasteiger partial charge in [0, 0.05) is 5.56 Å². The number of hydrogen-bond acceptors (Lipinski definition) is 3. The molecule has 2 N–H and O–H groups in total. The van der Waals surface area contributed by atoms with Gasteiger partial charge in [-0.15, -0.1) is 6.58 Å². The SMILES string of the molecule is C=CCn1nc(-c2cc(F)ccc2F)c(C=O)c1N. The van der Waals surface area contributed by atoms with Crippen LogP contribution in [0.1, 0.15) is 10.4 Å². The molecule has 1 aromatic carbocycles. The Labute approximate surface area is 108 Å². The Bertz CT molecular complexity index is 650. The van der Waals surface area contributed by atoms with Crippen molar-refractivity contribution in [3.63, 3.8) is 0 Å². The van der Waals surface area contributed by atoms with E-state index in [9.17, 15) is 13.6 Å². The molecule has 0 aliphatic heterocycles. The Morgan fingerprint density at radius 3 is 2.79 bits per heavy atom. The molecule has 0 fully saturated rings. The first-order valence-corrected chi connectivity index (χ1v) is 5.46. The number of rotatable bonds is 4. The van der Waals surface area contributed by atoms with Crippen LogP contribution in [0.15, 0.2) is 30.9 Å². The van der Waals surface area contributed by atoms with Crippen molar-refractivity contribution < 1.29 is 13.6 Å². The largest absolute Gasteiger partial charge is 0.383 e. The second-order valence-corrected chi connectivity index (χ2v) is 3.86. The van der Waals surface area contributed by atoms with Crippen molar-refractivity contribution in [3.8, 4) is 11.3 Å². The van der Waals surface area contributed by atoms with Gasteiger partial charge in [0.05, 0.1) is 12.1 Å². The highest BCUT2D eigenvalue weighted by molar-refractivity contribution is 5.91. The maximum Gasteiger partial charge on any atom is 0.156 e. The van der Waals surface area contributed by atoms with E-state index in [1.165, 1.54) is 10.8 Å². The molecule has 2 aromatic rings. The van der Waals surface area contributed by atoms with Crippen LogP contribution in [0.5, 0.6) is 0 Å². The molecular formula is C13H11F2N3O. The topological polar surface area (TPSA) is 60.9 Å². The van der Waals surface area contributed by atoms with Gasteiger partial charge in [-0.2, -0.15) is 5.10 Å². The van der Waals surface area contributed by atoms with Gasteiger partial charge in [-0.05, 0) is 18.2 Å². The molecule has 98 valence electrons. The lowest BCUT2D eigenvalue weighted by atomic mass is 10.1. The molecule has 2 rings (SSSR count). The molecule has 19 heavy (non-hydrogen) atoms. The van der Waals surface area contributed by atoms with Crippen LogP contribution in [0.4, 0.5) is 14.6 Å². The number of nitrogens with zero attached hydrogens (tertiary/aromatic N) is 2. The minimum absolute atomic E-state index is 0.0198. The molecule has 1 aromatic heterocycles. The molecule has 0 bridgehead atoms. The summed E-state index contributed by atoms with van der Waals surface area (Å²) in [5.41, 5.74) is 5.68. The summed E-state index contributed by atoms with van der Waals surface area (Å²) in [5, 5.41) is 4.03. The molecule has 0 aliphatic carbocycles. The van der Waals surface area contributed by atoms with Crippen LogP contribution in [0.3, 0.4) is 0 Å².